The Morgan fingerprint density at radius 2 is 2.25 bits per heavy atom. The molecule has 12 heavy (non-hydrogen) atoms. The molecule has 1 N–H and O–H groups in total. The minimum absolute atomic E-state index is 0.0474. The summed E-state index contributed by atoms with van der Waals surface area (Å²) in [6.07, 6.45) is 1.34. The molecule has 0 radical (unpaired) electrons. The fraction of sp³-hybridized carbons (Fsp3) is 0.750. The van der Waals surface area contributed by atoms with Crippen molar-refractivity contribution in [1.82, 2.24) is 10.2 Å². The Kier molecular flexibility index (Phi) is 2.68. The van der Waals surface area contributed by atoms with Gasteiger partial charge in [-0.15, -0.1) is 0 Å². The minimum atomic E-state index is -0.249. The lowest BCUT2D eigenvalue weighted by molar-refractivity contribution is -0.122. The number of imide groups is 1. The maximum absolute atomic E-state index is 11.2. The number of carbonyl (C=O) groups excluding carboxylic acids is 2. The Bertz CT molecular complexity index is 203. The van der Waals surface area contributed by atoms with Gasteiger partial charge in [0.15, 0.2) is 0 Å². The highest BCUT2D eigenvalue weighted by molar-refractivity contribution is 5.97. The third kappa shape index (κ3) is 1.75. The van der Waals surface area contributed by atoms with E-state index in [0.29, 0.717) is 6.42 Å². The molecule has 1 atom stereocenters. The number of hydrogen-bond acceptors (Lipinski definition) is 2. The van der Waals surface area contributed by atoms with Crippen LogP contribution < -0.4 is 5.32 Å². The van der Waals surface area contributed by atoms with Crippen LogP contribution in [0.4, 0.5) is 4.79 Å². The van der Waals surface area contributed by atoms with Gasteiger partial charge in [-0.3, -0.25) is 10.1 Å². The first-order valence-corrected chi connectivity index (χ1v) is 4.25. The molecule has 68 valence electrons. The van der Waals surface area contributed by atoms with Gasteiger partial charge >= 0.3 is 6.03 Å². The van der Waals surface area contributed by atoms with Crippen LogP contribution in [0, 0.1) is 0 Å². The summed E-state index contributed by atoms with van der Waals surface area (Å²) in [5.74, 6) is -0.167. The zero-order valence-corrected chi connectivity index (χ0v) is 7.46. The zero-order chi connectivity index (χ0) is 9.14. The van der Waals surface area contributed by atoms with Gasteiger partial charge in [0.1, 0.15) is 0 Å². The average molecular weight is 170 g/mol. The SMILES string of the molecule is CCCN1C(=O)NC(=O)CC1C. The van der Waals surface area contributed by atoms with Crippen molar-refractivity contribution in [2.24, 2.45) is 0 Å². The maximum Gasteiger partial charge on any atom is 0.324 e. The van der Waals surface area contributed by atoms with E-state index in [4.69, 9.17) is 0 Å². The summed E-state index contributed by atoms with van der Waals surface area (Å²) >= 11 is 0. The summed E-state index contributed by atoms with van der Waals surface area (Å²) in [5.41, 5.74) is 0. The van der Waals surface area contributed by atoms with E-state index in [2.05, 4.69) is 5.32 Å². The van der Waals surface area contributed by atoms with Gasteiger partial charge in [0, 0.05) is 19.0 Å². The average Bonchev–Trinajstić information content (AvgIpc) is 1.96. The number of amides is 3. The van der Waals surface area contributed by atoms with Crippen molar-refractivity contribution in [1.29, 1.82) is 0 Å². The summed E-state index contributed by atoms with van der Waals surface area (Å²) in [4.78, 5) is 23.8. The second-order valence-corrected chi connectivity index (χ2v) is 3.10. The number of hydrogen-bond donors (Lipinski definition) is 1. The Hall–Kier alpha value is -1.06. The number of rotatable bonds is 2. The van der Waals surface area contributed by atoms with E-state index >= 15 is 0 Å². The highest BCUT2D eigenvalue weighted by Crippen LogP contribution is 2.09. The minimum Gasteiger partial charge on any atom is -0.321 e. The Morgan fingerprint density at radius 1 is 1.58 bits per heavy atom. The molecular formula is C8H14N2O2. The van der Waals surface area contributed by atoms with E-state index in [1.807, 2.05) is 13.8 Å². The molecule has 1 aliphatic heterocycles. The van der Waals surface area contributed by atoms with Crippen molar-refractivity contribution in [3.8, 4) is 0 Å². The van der Waals surface area contributed by atoms with Crippen LogP contribution in [0.25, 0.3) is 0 Å². The van der Waals surface area contributed by atoms with Crippen LogP contribution in [0.5, 0.6) is 0 Å². The molecule has 1 unspecified atom stereocenters. The predicted molar refractivity (Wildman–Crippen MR) is 44.6 cm³/mol. The molecule has 1 aliphatic rings. The smallest absolute Gasteiger partial charge is 0.321 e. The zero-order valence-electron chi connectivity index (χ0n) is 7.46. The monoisotopic (exact) mass is 170 g/mol. The van der Waals surface area contributed by atoms with Crippen LogP contribution >= 0.6 is 0 Å². The molecule has 0 aromatic carbocycles. The van der Waals surface area contributed by atoms with E-state index in [-0.39, 0.29) is 18.0 Å². The third-order valence-corrected chi connectivity index (χ3v) is 1.98. The van der Waals surface area contributed by atoms with Crippen molar-refractivity contribution in [3.63, 3.8) is 0 Å². The van der Waals surface area contributed by atoms with Crippen molar-refractivity contribution >= 4 is 11.9 Å². The van der Waals surface area contributed by atoms with Gasteiger partial charge in [0.2, 0.25) is 5.91 Å². The summed E-state index contributed by atoms with van der Waals surface area (Å²) in [6.45, 7) is 4.63. The van der Waals surface area contributed by atoms with Gasteiger partial charge in [0.25, 0.3) is 0 Å². The molecule has 0 spiro atoms. The van der Waals surface area contributed by atoms with E-state index < -0.39 is 0 Å². The highest BCUT2D eigenvalue weighted by atomic mass is 16.2. The third-order valence-electron chi connectivity index (χ3n) is 1.98. The number of carbonyl (C=O) groups is 2. The summed E-state index contributed by atoms with van der Waals surface area (Å²) in [5, 5.41) is 2.29. The lowest BCUT2D eigenvalue weighted by Crippen LogP contribution is -2.53. The van der Waals surface area contributed by atoms with Crippen molar-refractivity contribution in [3.05, 3.63) is 0 Å². The molecule has 0 bridgehead atoms. The topological polar surface area (TPSA) is 49.4 Å². The highest BCUT2D eigenvalue weighted by Gasteiger charge is 2.28. The molecule has 0 saturated carbocycles. The molecule has 1 heterocycles. The molecule has 1 saturated heterocycles. The molecule has 0 aromatic heterocycles. The Labute approximate surface area is 71.9 Å². The van der Waals surface area contributed by atoms with E-state index in [0.717, 1.165) is 13.0 Å². The normalized spacial score (nSPS) is 24.2. The van der Waals surface area contributed by atoms with Gasteiger partial charge in [-0.05, 0) is 13.3 Å². The molecule has 0 aliphatic carbocycles. The molecule has 4 heteroatoms. The second kappa shape index (κ2) is 3.56. The molecule has 1 rings (SSSR count). The first-order valence-electron chi connectivity index (χ1n) is 4.25. The van der Waals surface area contributed by atoms with Crippen LogP contribution in [-0.2, 0) is 4.79 Å². The molecule has 3 amide bonds. The predicted octanol–water partition coefficient (Wildman–Crippen LogP) is 0.727. The fourth-order valence-electron chi connectivity index (χ4n) is 1.38. The first-order chi connectivity index (χ1) is 5.65. The lowest BCUT2D eigenvalue weighted by atomic mass is 10.1. The molecule has 4 nitrogen and oxygen atoms in total. The quantitative estimate of drug-likeness (QED) is 0.664. The fourth-order valence-corrected chi connectivity index (χ4v) is 1.38. The summed E-state index contributed by atoms with van der Waals surface area (Å²) in [6, 6.07) is -0.202. The number of urea groups is 1. The van der Waals surface area contributed by atoms with Crippen LogP contribution in [0.1, 0.15) is 26.7 Å². The van der Waals surface area contributed by atoms with Crippen molar-refractivity contribution in [2.45, 2.75) is 32.7 Å². The Balaban J connectivity index is 2.60. The molecule has 1 fully saturated rings. The van der Waals surface area contributed by atoms with Crippen LogP contribution in [-0.4, -0.2) is 29.4 Å². The van der Waals surface area contributed by atoms with Crippen LogP contribution in [0.15, 0.2) is 0 Å². The van der Waals surface area contributed by atoms with Crippen molar-refractivity contribution in [2.75, 3.05) is 6.54 Å². The van der Waals surface area contributed by atoms with Crippen LogP contribution in [0.3, 0.4) is 0 Å². The van der Waals surface area contributed by atoms with E-state index in [1.165, 1.54) is 0 Å². The molecule has 0 aromatic rings. The lowest BCUT2D eigenvalue weighted by Gasteiger charge is -2.32. The standard InChI is InChI=1S/C8H14N2O2/c1-3-4-10-6(2)5-7(11)9-8(10)12/h6H,3-5H2,1-2H3,(H,9,11,12). The van der Waals surface area contributed by atoms with Crippen molar-refractivity contribution < 1.29 is 9.59 Å². The first kappa shape index (κ1) is 9.03. The van der Waals surface area contributed by atoms with Gasteiger partial charge in [-0.25, -0.2) is 4.79 Å². The Morgan fingerprint density at radius 3 is 2.75 bits per heavy atom. The van der Waals surface area contributed by atoms with E-state index in [1.54, 1.807) is 4.90 Å². The van der Waals surface area contributed by atoms with E-state index in [9.17, 15) is 9.59 Å². The largest absolute Gasteiger partial charge is 0.324 e. The number of nitrogens with one attached hydrogen (secondary N) is 1. The maximum atomic E-state index is 11.2. The van der Waals surface area contributed by atoms with Gasteiger partial charge in [0.05, 0.1) is 0 Å². The second-order valence-electron chi connectivity index (χ2n) is 3.10. The number of nitrogens with zero attached hydrogens (tertiary/aromatic N) is 1. The van der Waals surface area contributed by atoms with Gasteiger partial charge in [-0.1, -0.05) is 6.92 Å². The van der Waals surface area contributed by atoms with Crippen LogP contribution in [0.2, 0.25) is 0 Å². The summed E-state index contributed by atoms with van der Waals surface area (Å²) < 4.78 is 0. The summed E-state index contributed by atoms with van der Waals surface area (Å²) in [7, 11) is 0. The molecular weight excluding hydrogens is 156 g/mol. The van der Waals surface area contributed by atoms with Gasteiger partial charge < -0.3 is 4.90 Å². The van der Waals surface area contributed by atoms with Gasteiger partial charge in [-0.2, -0.15) is 0 Å².